The van der Waals surface area contributed by atoms with Gasteiger partial charge in [-0.3, -0.25) is 4.79 Å². The number of amides is 1. The van der Waals surface area contributed by atoms with Crippen LogP contribution in [0.2, 0.25) is 0 Å². The molecule has 6 nitrogen and oxygen atoms in total. The predicted molar refractivity (Wildman–Crippen MR) is 87.6 cm³/mol. The molecule has 0 aromatic heterocycles. The standard InChI is InChI=1S/C16H23N3O3S/c17-16(20)12-19(15-7-3-4-8-15)23(21,22)18-10-9-13-5-1-2-6-14(13)11-18/h1-2,5-6,15H,3-4,7-12H2,(H2,17,20). The molecule has 126 valence electrons. The fourth-order valence-electron chi connectivity index (χ4n) is 3.56. The minimum Gasteiger partial charge on any atom is -0.369 e. The molecule has 1 fully saturated rings. The van der Waals surface area contributed by atoms with Crippen LogP contribution in [-0.4, -0.2) is 42.1 Å². The quantitative estimate of drug-likeness (QED) is 0.870. The van der Waals surface area contributed by atoms with Gasteiger partial charge < -0.3 is 5.73 Å². The van der Waals surface area contributed by atoms with Crippen molar-refractivity contribution in [1.82, 2.24) is 8.61 Å². The van der Waals surface area contributed by atoms with Crippen LogP contribution in [0.25, 0.3) is 0 Å². The van der Waals surface area contributed by atoms with Crippen molar-refractivity contribution in [2.45, 2.75) is 44.7 Å². The van der Waals surface area contributed by atoms with Gasteiger partial charge in [-0.2, -0.15) is 17.0 Å². The summed E-state index contributed by atoms with van der Waals surface area (Å²) in [5, 5.41) is 0. The first-order valence-electron chi connectivity index (χ1n) is 8.10. The third-order valence-corrected chi connectivity index (χ3v) is 6.75. The maximum atomic E-state index is 13.1. The molecule has 1 heterocycles. The Bertz CT molecular complexity index is 684. The molecule has 0 saturated heterocycles. The van der Waals surface area contributed by atoms with Crippen molar-refractivity contribution >= 4 is 16.1 Å². The summed E-state index contributed by atoms with van der Waals surface area (Å²) in [6.45, 7) is 0.576. The third kappa shape index (κ3) is 3.41. The Hall–Kier alpha value is -1.44. The van der Waals surface area contributed by atoms with E-state index in [4.69, 9.17) is 5.73 Å². The zero-order valence-electron chi connectivity index (χ0n) is 13.1. The highest BCUT2D eigenvalue weighted by molar-refractivity contribution is 7.86. The zero-order valence-corrected chi connectivity index (χ0v) is 14.0. The third-order valence-electron chi connectivity index (χ3n) is 4.76. The van der Waals surface area contributed by atoms with Crippen molar-refractivity contribution in [3.05, 3.63) is 35.4 Å². The van der Waals surface area contributed by atoms with E-state index in [-0.39, 0.29) is 12.6 Å². The van der Waals surface area contributed by atoms with Crippen LogP contribution >= 0.6 is 0 Å². The number of rotatable bonds is 5. The molecule has 1 aliphatic heterocycles. The van der Waals surface area contributed by atoms with E-state index < -0.39 is 16.1 Å². The number of fused-ring (bicyclic) bond motifs is 1. The van der Waals surface area contributed by atoms with Gasteiger partial charge in [0.1, 0.15) is 0 Å². The van der Waals surface area contributed by atoms with E-state index in [0.29, 0.717) is 19.5 Å². The summed E-state index contributed by atoms with van der Waals surface area (Å²) >= 11 is 0. The number of benzene rings is 1. The number of carbonyl (C=O) groups excluding carboxylic acids is 1. The first-order chi connectivity index (χ1) is 11.0. The van der Waals surface area contributed by atoms with Crippen LogP contribution in [0.3, 0.4) is 0 Å². The molecule has 1 amide bonds. The van der Waals surface area contributed by atoms with Crippen LogP contribution in [0.1, 0.15) is 36.8 Å². The molecule has 1 aromatic carbocycles. The zero-order chi connectivity index (χ0) is 16.4. The normalized spacial score (nSPS) is 19.9. The van der Waals surface area contributed by atoms with E-state index in [9.17, 15) is 13.2 Å². The van der Waals surface area contributed by atoms with Gasteiger partial charge in [0.25, 0.3) is 10.2 Å². The van der Waals surface area contributed by atoms with Gasteiger partial charge in [-0.25, -0.2) is 0 Å². The van der Waals surface area contributed by atoms with E-state index in [1.807, 2.05) is 24.3 Å². The molecule has 0 bridgehead atoms. The van der Waals surface area contributed by atoms with E-state index in [1.54, 1.807) is 0 Å². The maximum absolute atomic E-state index is 13.1. The van der Waals surface area contributed by atoms with Crippen molar-refractivity contribution in [3.63, 3.8) is 0 Å². The van der Waals surface area contributed by atoms with Gasteiger partial charge in [0.15, 0.2) is 0 Å². The molecule has 7 heteroatoms. The van der Waals surface area contributed by atoms with Crippen molar-refractivity contribution in [3.8, 4) is 0 Å². The van der Waals surface area contributed by atoms with E-state index in [1.165, 1.54) is 14.2 Å². The van der Waals surface area contributed by atoms with Crippen LogP contribution in [-0.2, 0) is 28.0 Å². The lowest BCUT2D eigenvalue weighted by molar-refractivity contribution is -0.118. The van der Waals surface area contributed by atoms with Crippen molar-refractivity contribution in [2.75, 3.05) is 13.1 Å². The van der Waals surface area contributed by atoms with Crippen LogP contribution in [0.4, 0.5) is 0 Å². The number of primary amides is 1. The molecule has 1 saturated carbocycles. The van der Waals surface area contributed by atoms with Crippen LogP contribution in [0.15, 0.2) is 24.3 Å². The van der Waals surface area contributed by atoms with E-state index in [2.05, 4.69) is 0 Å². The number of nitrogens with zero attached hydrogens (tertiary/aromatic N) is 2. The van der Waals surface area contributed by atoms with Gasteiger partial charge in [0.05, 0.1) is 6.54 Å². The SMILES string of the molecule is NC(=O)CN(C1CCCC1)S(=O)(=O)N1CCc2ccccc2C1. The lowest BCUT2D eigenvalue weighted by Crippen LogP contribution is -2.51. The average molecular weight is 337 g/mol. The van der Waals surface area contributed by atoms with Gasteiger partial charge >= 0.3 is 0 Å². The molecule has 0 atom stereocenters. The number of hydrogen-bond acceptors (Lipinski definition) is 3. The van der Waals surface area contributed by atoms with E-state index in [0.717, 1.165) is 31.2 Å². The van der Waals surface area contributed by atoms with Crippen LogP contribution < -0.4 is 5.73 Å². The van der Waals surface area contributed by atoms with Gasteiger partial charge in [0, 0.05) is 19.1 Å². The monoisotopic (exact) mass is 337 g/mol. The molecule has 1 aliphatic carbocycles. The second kappa shape index (κ2) is 6.59. The molecular weight excluding hydrogens is 314 g/mol. The Kier molecular flexibility index (Phi) is 4.70. The Labute approximate surface area is 137 Å². The molecule has 0 unspecified atom stereocenters. The van der Waals surface area contributed by atoms with Gasteiger partial charge in [-0.15, -0.1) is 0 Å². The predicted octanol–water partition coefficient (Wildman–Crippen LogP) is 1.02. The molecule has 2 aliphatic rings. The summed E-state index contributed by atoms with van der Waals surface area (Å²) in [4.78, 5) is 11.4. The molecule has 2 N–H and O–H groups in total. The molecule has 23 heavy (non-hydrogen) atoms. The summed E-state index contributed by atoms with van der Waals surface area (Å²) in [6.07, 6.45) is 4.30. The summed E-state index contributed by atoms with van der Waals surface area (Å²) in [7, 11) is -3.68. The van der Waals surface area contributed by atoms with E-state index >= 15 is 0 Å². The summed E-state index contributed by atoms with van der Waals surface area (Å²) < 4.78 is 28.9. The van der Waals surface area contributed by atoms with Gasteiger partial charge in [-0.1, -0.05) is 37.1 Å². The smallest absolute Gasteiger partial charge is 0.283 e. The molecule has 1 aromatic rings. The second-order valence-electron chi connectivity index (χ2n) is 6.31. The Morgan fingerprint density at radius 2 is 1.87 bits per heavy atom. The molecule has 3 rings (SSSR count). The highest BCUT2D eigenvalue weighted by atomic mass is 32.2. The fourth-order valence-corrected chi connectivity index (χ4v) is 5.36. The van der Waals surface area contributed by atoms with Crippen molar-refractivity contribution in [2.24, 2.45) is 5.73 Å². The molecule has 0 spiro atoms. The summed E-state index contributed by atoms with van der Waals surface area (Å²) in [5.41, 5.74) is 7.53. The maximum Gasteiger partial charge on any atom is 0.283 e. The molecule has 0 radical (unpaired) electrons. The second-order valence-corrected chi connectivity index (χ2v) is 8.19. The largest absolute Gasteiger partial charge is 0.369 e. The lowest BCUT2D eigenvalue weighted by Gasteiger charge is -2.35. The van der Waals surface area contributed by atoms with Crippen LogP contribution in [0.5, 0.6) is 0 Å². The topological polar surface area (TPSA) is 83.7 Å². The average Bonchev–Trinajstić information content (AvgIpc) is 3.05. The van der Waals surface area contributed by atoms with Gasteiger partial charge in [-0.05, 0) is 30.4 Å². The number of nitrogens with two attached hydrogens (primary N) is 1. The first kappa shape index (κ1) is 16.4. The fraction of sp³-hybridized carbons (Fsp3) is 0.562. The minimum absolute atomic E-state index is 0.107. The van der Waals surface area contributed by atoms with Gasteiger partial charge in [0.2, 0.25) is 5.91 Å². The first-order valence-corrected chi connectivity index (χ1v) is 9.50. The summed E-state index contributed by atoms with van der Waals surface area (Å²) in [5.74, 6) is -0.599. The lowest BCUT2D eigenvalue weighted by atomic mass is 10.0. The van der Waals surface area contributed by atoms with Crippen molar-refractivity contribution < 1.29 is 13.2 Å². The Balaban J connectivity index is 1.85. The minimum atomic E-state index is -3.68. The van der Waals surface area contributed by atoms with Crippen LogP contribution in [0, 0.1) is 0 Å². The highest BCUT2D eigenvalue weighted by Gasteiger charge is 2.38. The Morgan fingerprint density at radius 3 is 2.52 bits per heavy atom. The molecular formula is C16H23N3O3S. The highest BCUT2D eigenvalue weighted by Crippen LogP contribution is 2.29. The van der Waals surface area contributed by atoms with Crippen molar-refractivity contribution in [1.29, 1.82) is 0 Å². The number of carbonyl (C=O) groups is 1. The number of hydrogen-bond donors (Lipinski definition) is 1. The summed E-state index contributed by atoms with van der Waals surface area (Å²) in [6, 6.07) is 7.79. The Morgan fingerprint density at radius 1 is 1.22 bits per heavy atom.